The quantitative estimate of drug-likeness (QED) is 0.512. The lowest BCUT2D eigenvalue weighted by Crippen LogP contribution is -2.12. The van der Waals surface area contributed by atoms with E-state index in [2.05, 4.69) is 0 Å². The van der Waals surface area contributed by atoms with E-state index in [1.807, 2.05) is 0 Å². The first-order chi connectivity index (χ1) is 4.72. The molecule has 0 aliphatic carbocycles. The summed E-state index contributed by atoms with van der Waals surface area (Å²) in [5, 5.41) is 0. The molecule has 0 aliphatic heterocycles. The lowest BCUT2D eigenvalue weighted by Gasteiger charge is -1.97. The van der Waals surface area contributed by atoms with Crippen molar-refractivity contribution >= 4 is 11.6 Å². The fourth-order valence-corrected chi connectivity index (χ4v) is 0.721. The number of hydrogen-bond acceptors (Lipinski definition) is 3. The van der Waals surface area contributed by atoms with Crippen molar-refractivity contribution in [2.75, 3.05) is 5.73 Å². The van der Waals surface area contributed by atoms with Crippen LogP contribution in [0.2, 0.25) is 0 Å². The number of nitrogens with two attached hydrogens (primary N) is 2. The van der Waals surface area contributed by atoms with E-state index in [-0.39, 0.29) is 6.15 Å². The molecule has 0 aliphatic rings. The highest BCUT2D eigenvalue weighted by atomic mass is 16.1. The highest BCUT2D eigenvalue weighted by Crippen LogP contribution is 2.08. The van der Waals surface area contributed by atoms with Gasteiger partial charge in [0.1, 0.15) is 0 Å². The molecule has 0 radical (unpaired) electrons. The Morgan fingerprint density at radius 1 is 1.27 bits per heavy atom. The number of para-hydroxylation sites is 1. The molecule has 11 heavy (non-hydrogen) atoms. The zero-order valence-corrected chi connectivity index (χ0v) is 6.08. The van der Waals surface area contributed by atoms with E-state index >= 15 is 0 Å². The van der Waals surface area contributed by atoms with Crippen molar-refractivity contribution in [1.29, 1.82) is 0 Å². The molecule has 0 heterocycles. The summed E-state index contributed by atoms with van der Waals surface area (Å²) in [4.78, 5) is 10.6. The van der Waals surface area contributed by atoms with Crippen LogP contribution >= 0.6 is 0 Å². The second kappa shape index (κ2) is 3.58. The molecule has 1 aromatic rings. The maximum absolute atomic E-state index is 10.6. The second-order valence-corrected chi connectivity index (χ2v) is 1.95. The molecule has 0 atom stereocenters. The molecular weight excluding hydrogens is 142 g/mol. The van der Waals surface area contributed by atoms with E-state index in [9.17, 15) is 4.79 Å². The summed E-state index contributed by atoms with van der Waals surface area (Å²) in [7, 11) is 0. The van der Waals surface area contributed by atoms with Crippen LogP contribution < -0.4 is 17.6 Å². The van der Waals surface area contributed by atoms with Crippen LogP contribution in [0.5, 0.6) is 0 Å². The summed E-state index contributed by atoms with van der Waals surface area (Å²) in [6.45, 7) is 0. The number of primary amides is 1. The SMILES string of the molecule is N.NC(=O)c1ccccc1N. The summed E-state index contributed by atoms with van der Waals surface area (Å²) in [5.74, 6) is -0.488. The molecule has 0 spiro atoms. The third-order valence-corrected chi connectivity index (χ3v) is 1.23. The van der Waals surface area contributed by atoms with E-state index in [4.69, 9.17) is 11.5 Å². The molecule has 4 heteroatoms. The Morgan fingerprint density at radius 3 is 2.18 bits per heavy atom. The highest BCUT2D eigenvalue weighted by Gasteiger charge is 2.01. The van der Waals surface area contributed by atoms with E-state index < -0.39 is 5.91 Å². The second-order valence-electron chi connectivity index (χ2n) is 1.95. The van der Waals surface area contributed by atoms with Gasteiger partial charge in [0.15, 0.2) is 0 Å². The van der Waals surface area contributed by atoms with Gasteiger partial charge in [-0.2, -0.15) is 0 Å². The van der Waals surface area contributed by atoms with Gasteiger partial charge in [-0.25, -0.2) is 0 Å². The molecule has 0 bridgehead atoms. The molecule has 7 N–H and O–H groups in total. The van der Waals surface area contributed by atoms with Crippen LogP contribution in [-0.2, 0) is 0 Å². The van der Waals surface area contributed by atoms with Gasteiger partial charge >= 0.3 is 0 Å². The average Bonchev–Trinajstić information content (AvgIpc) is 1.88. The normalized spacial score (nSPS) is 8.36. The van der Waals surface area contributed by atoms with Gasteiger partial charge in [-0.15, -0.1) is 0 Å². The fraction of sp³-hybridized carbons (Fsp3) is 0. The van der Waals surface area contributed by atoms with Crippen LogP contribution in [0.4, 0.5) is 5.69 Å². The summed E-state index contributed by atoms with van der Waals surface area (Å²) in [6, 6.07) is 6.70. The zero-order valence-electron chi connectivity index (χ0n) is 6.08. The van der Waals surface area contributed by atoms with Crippen LogP contribution in [0.1, 0.15) is 10.4 Å². The molecule has 1 rings (SSSR count). The molecular formula is C7H11N3O. The molecule has 0 unspecified atom stereocenters. The third kappa shape index (κ3) is 1.94. The van der Waals surface area contributed by atoms with Gasteiger partial charge in [0.2, 0.25) is 0 Å². The molecule has 60 valence electrons. The van der Waals surface area contributed by atoms with Crippen LogP contribution in [-0.4, -0.2) is 5.91 Å². The predicted molar refractivity (Wildman–Crippen MR) is 44.4 cm³/mol. The maximum atomic E-state index is 10.6. The number of anilines is 1. The number of rotatable bonds is 1. The number of benzene rings is 1. The largest absolute Gasteiger partial charge is 0.398 e. The fourth-order valence-electron chi connectivity index (χ4n) is 0.721. The Kier molecular flexibility index (Phi) is 3.07. The van der Waals surface area contributed by atoms with Gasteiger partial charge in [0, 0.05) is 5.69 Å². The highest BCUT2D eigenvalue weighted by molar-refractivity contribution is 5.97. The minimum atomic E-state index is -0.488. The van der Waals surface area contributed by atoms with Crippen LogP contribution in [0, 0.1) is 0 Å². The minimum absolute atomic E-state index is 0. The third-order valence-electron chi connectivity index (χ3n) is 1.23. The van der Waals surface area contributed by atoms with Crippen molar-refractivity contribution in [1.82, 2.24) is 6.15 Å². The first-order valence-electron chi connectivity index (χ1n) is 2.86. The molecule has 0 aromatic heterocycles. The van der Waals surface area contributed by atoms with Gasteiger partial charge in [-0.05, 0) is 12.1 Å². The number of hydrogen-bond donors (Lipinski definition) is 3. The van der Waals surface area contributed by atoms with E-state index in [0.29, 0.717) is 11.3 Å². The van der Waals surface area contributed by atoms with Crippen LogP contribution in [0.15, 0.2) is 24.3 Å². The summed E-state index contributed by atoms with van der Waals surface area (Å²) < 4.78 is 0. The number of carbonyl (C=O) groups excluding carboxylic acids is 1. The van der Waals surface area contributed by atoms with Crippen molar-refractivity contribution < 1.29 is 4.79 Å². The van der Waals surface area contributed by atoms with Gasteiger partial charge in [0.25, 0.3) is 5.91 Å². The average molecular weight is 153 g/mol. The monoisotopic (exact) mass is 153 g/mol. The molecule has 4 nitrogen and oxygen atoms in total. The molecule has 0 saturated carbocycles. The van der Waals surface area contributed by atoms with Gasteiger partial charge < -0.3 is 17.6 Å². The van der Waals surface area contributed by atoms with Crippen molar-refractivity contribution in [3.63, 3.8) is 0 Å². The lowest BCUT2D eigenvalue weighted by molar-refractivity contribution is 0.100. The Hall–Kier alpha value is -1.55. The smallest absolute Gasteiger partial charge is 0.250 e. The Labute approximate surface area is 64.8 Å². The summed E-state index contributed by atoms with van der Waals surface area (Å²) >= 11 is 0. The Morgan fingerprint density at radius 2 is 1.82 bits per heavy atom. The molecule has 1 aromatic carbocycles. The van der Waals surface area contributed by atoms with E-state index in [1.54, 1.807) is 24.3 Å². The van der Waals surface area contributed by atoms with E-state index in [0.717, 1.165) is 0 Å². The molecule has 0 fully saturated rings. The minimum Gasteiger partial charge on any atom is -0.398 e. The molecule has 1 amide bonds. The number of carbonyl (C=O) groups is 1. The topological polar surface area (TPSA) is 104 Å². The predicted octanol–water partition coefficient (Wildman–Crippen LogP) is 0.530. The van der Waals surface area contributed by atoms with Crippen LogP contribution in [0.25, 0.3) is 0 Å². The van der Waals surface area contributed by atoms with Crippen molar-refractivity contribution in [3.8, 4) is 0 Å². The van der Waals surface area contributed by atoms with Gasteiger partial charge in [0.05, 0.1) is 5.56 Å². The summed E-state index contributed by atoms with van der Waals surface area (Å²) in [6.07, 6.45) is 0. The number of amides is 1. The molecule has 0 saturated heterocycles. The lowest BCUT2D eigenvalue weighted by atomic mass is 10.2. The first kappa shape index (κ1) is 9.45. The number of nitrogen functional groups attached to an aromatic ring is 1. The van der Waals surface area contributed by atoms with Crippen LogP contribution in [0.3, 0.4) is 0 Å². The Balaban J connectivity index is 0.000001000. The van der Waals surface area contributed by atoms with E-state index in [1.165, 1.54) is 0 Å². The Bertz CT molecular complexity index is 260. The van der Waals surface area contributed by atoms with Crippen molar-refractivity contribution in [2.45, 2.75) is 0 Å². The zero-order chi connectivity index (χ0) is 7.56. The van der Waals surface area contributed by atoms with Crippen molar-refractivity contribution in [3.05, 3.63) is 29.8 Å². The summed E-state index contributed by atoms with van der Waals surface area (Å²) in [5.41, 5.74) is 11.2. The maximum Gasteiger partial charge on any atom is 0.250 e. The van der Waals surface area contributed by atoms with Gasteiger partial charge in [-0.1, -0.05) is 12.1 Å². The van der Waals surface area contributed by atoms with Gasteiger partial charge in [-0.3, -0.25) is 4.79 Å². The standard InChI is InChI=1S/C7H8N2O.H3N/c8-6-4-2-1-3-5(6)7(9)10;/h1-4H,8H2,(H2,9,10);1H3. The first-order valence-corrected chi connectivity index (χ1v) is 2.86. The van der Waals surface area contributed by atoms with Crippen molar-refractivity contribution in [2.24, 2.45) is 5.73 Å².